The molecule has 1 unspecified atom stereocenters. The fourth-order valence-corrected chi connectivity index (χ4v) is 2.75. The number of nitrogens with one attached hydrogen (secondary N) is 2. The van der Waals surface area contributed by atoms with Crippen LogP contribution in [0.1, 0.15) is 55.3 Å². The van der Waals surface area contributed by atoms with Gasteiger partial charge in [-0.15, -0.1) is 0 Å². The number of aromatic nitrogens is 1. The summed E-state index contributed by atoms with van der Waals surface area (Å²) >= 11 is 0. The molecule has 6 nitrogen and oxygen atoms in total. The molecule has 1 aromatic carbocycles. The molecule has 2 aromatic rings. The average Bonchev–Trinajstić information content (AvgIpc) is 3.10. The van der Waals surface area contributed by atoms with E-state index in [0.29, 0.717) is 12.5 Å². The minimum Gasteiger partial charge on any atom is -0.359 e. The number of aliphatic imine (C=N–C) groups is 1. The third-order valence-corrected chi connectivity index (χ3v) is 4.45. The summed E-state index contributed by atoms with van der Waals surface area (Å²) in [7, 11) is 4.19. The molecule has 2 rings (SSSR count). The van der Waals surface area contributed by atoms with Gasteiger partial charge in [0.1, 0.15) is 6.54 Å². The number of likely N-dealkylation sites (N-methyl/N-ethyl adjacent to an activating group) is 1. The van der Waals surface area contributed by atoms with Crippen molar-refractivity contribution in [2.24, 2.45) is 4.99 Å². The van der Waals surface area contributed by atoms with Gasteiger partial charge in [0.2, 0.25) is 0 Å². The lowest BCUT2D eigenvalue weighted by Gasteiger charge is -2.26. The van der Waals surface area contributed by atoms with Gasteiger partial charge in [0.25, 0.3) is 0 Å². The highest BCUT2D eigenvalue weighted by molar-refractivity contribution is 5.79. The Balaban J connectivity index is 2.03. The van der Waals surface area contributed by atoms with Crippen LogP contribution in [0.5, 0.6) is 0 Å². The van der Waals surface area contributed by atoms with Crippen molar-refractivity contribution < 1.29 is 4.52 Å². The predicted octanol–water partition coefficient (Wildman–Crippen LogP) is 3.46. The fraction of sp³-hybridized carbons (Fsp3) is 0.524. The van der Waals surface area contributed by atoms with Crippen LogP contribution < -0.4 is 10.6 Å². The van der Waals surface area contributed by atoms with Gasteiger partial charge >= 0.3 is 0 Å². The maximum absolute atomic E-state index is 5.38. The van der Waals surface area contributed by atoms with Crippen molar-refractivity contribution in [2.75, 3.05) is 27.2 Å². The monoisotopic (exact) mass is 371 g/mol. The lowest BCUT2D eigenvalue weighted by Crippen LogP contribution is -2.41. The lowest BCUT2D eigenvalue weighted by molar-refractivity contribution is 0.298. The highest BCUT2D eigenvalue weighted by atomic mass is 16.5. The summed E-state index contributed by atoms with van der Waals surface area (Å²) < 4.78 is 5.38. The summed E-state index contributed by atoms with van der Waals surface area (Å²) in [4.78, 5) is 6.85. The first-order valence-electron chi connectivity index (χ1n) is 9.61. The maximum atomic E-state index is 5.38. The molecule has 1 heterocycles. The van der Waals surface area contributed by atoms with E-state index in [1.807, 2.05) is 6.07 Å². The standard InChI is InChI=1S/C21H33N5O/c1-7-22-21(23-13-18-12-19(15(2)3)25-27-18)24-14-20(26(5)6)17-10-8-16(4)9-11-17/h8-12,15,20H,7,13-14H2,1-6H3,(H2,22,23,24). The maximum Gasteiger partial charge on any atom is 0.191 e. The van der Waals surface area contributed by atoms with Gasteiger partial charge in [-0.1, -0.05) is 48.8 Å². The number of rotatable bonds is 8. The summed E-state index contributed by atoms with van der Waals surface area (Å²) in [6.07, 6.45) is 0. The zero-order chi connectivity index (χ0) is 19.8. The topological polar surface area (TPSA) is 65.7 Å². The summed E-state index contributed by atoms with van der Waals surface area (Å²) in [5.41, 5.74) is 3.52. The number of hydrogen-bond donors (Lipinski definition) is 2. The first-order chi connectivity index (χ1) is 12.9. The van der Waals surface area contributed by atoms with E-state index in [0.717, 1.165) is 30.5 Å². The Morgan fingerprint density at radius 1 is 1.19 bits per heavy atom. The Morgan fingerprint density at radius 3 is 2.44 bits per heavy atom. The highest BCUT2D eigenvalue weighted by Gasteiger charge is 2.15. The second-order valence-electron chi connectivity index (χ2n) is 7.34. The van der Waals surface area contributed by atoms with Crippen molar-refractivity contribution in [3.63, 3.8) is 0 Å². The number of guanidine groups is 1. The fourth-order valence-electron chi connectivity index (χ4n) is 2.75. The van der Waals surface area contributed by atoms with Gasteiger partial charge in [0.05, 0.1) is 11.7 Å². The van der Waals surface area contributed by atoms with E-state index >= 15 is 0 Å². The Bertz CT molecular complexity index is 718. The van der Waals surface area contributed by atoms with Crippen LogP contribution in [-0.4, -0.2) is 43.2 Å². The first kappa shape index (κ1) is 21.0. The SMILES string of the molecule is CCNC(=NCc1cc(C(C)C)no1)NCC(c1ccc(C)cc1)N(C)C. The van der Waals surface area contributed by atoms with E-state index in [4.69, 9.17) is 4.52 Å². The van der Waals surface area contributed by atoms with Crippen LogP contribution in [0.15, 0.2) is 39.8 Å². The lowest BCUT2D eigenvalue weighted by atomic mass is 10.0. The van der Waals surface area contributed by atoms with Gasteiger partial charge in [-0.05, 0) is 39.4 Å². The first-order valence-corrected chi connectivity index (χ1v) is 9.61. The number of nitrogens with zero attached hydrogens (tertiary/aromatic N) is 3. The molecular weight excluding hydrogens is 338 g/mol. The summed E-state index contributed by atoms with van der Waals surface area (Å²) in [6.45, 7) is 10.4. The van der Waals surface area contributed by atoms with Crippen molar-refractivity contribution in [3.05, 3.63) is 52.9 Å². The highest BCUT2D eigenvalue weighted by Crippen LogP contribution is 2.18. The van der Waals surface area contributed by atoms with E-state index in [1.54, 1.807) is 0 Å². The average molecular weight is 372 g/mol. The Labute approximate surface area is 163 Å². The molecule has 0 aliphatic carbocycles. The van der Waals surface area contributed by atoms with Crippen LogP contribution in [0.3, 0.4) is 0 Å². The zero-order valence-electron chi connectivity index (χ0n) is 17.4. The third kappa shape index (κ3) is 6.40. The Kier molecular flexibility index (Phi) is 7.85. The molecule has 0 spiro atoms. The van der Waals surface area contributed by atoms with Gasteiger partial charge in [0.15, 0.2) is 11.7 Å². The molecular formula is C21H33N5O. The molecule has 0 amide bonds. The van der Waals surface area contributed by atoms with Gasteiger partial charge in [-0.2, -0.15) is 0 Å². The van der Waals surface area contributed by atoms with Crippen LogP contribution in [0.2, 0.25) is 0 Å². The van der Waals surface area contributed by atoms with Crippen LogP contribution >= 0.6 is 0 Å². The molecule has 0 saturated heterocycles. The van der Waals surface area contributed by atoms with Gasteiger partial charge in [-0.25, -0.2) is 4.99 Å². The number of benzene rings is 1. The molecule has 148 valence electrons. The van der Waals surface area contributed by atoms with Crippen molar-refractivity contribution in [1.29, 1.82) is 0 Å². The smallest absolute Gasteiger partial charge is 0.191 e. The minimum atomic E-state index is 0.257. The molecule has 0 radical (unpaired) electrons. The molecule has 1 aromatic heterocycles. The third-order valence-electron chi connectivity index (χ3n) is 4.45. The predicted molar refractivity (Wildman–Crippen MR) is 111 cm³/mol. The van der Waals surface area contributed by atoms with Gasteiger partial charge in [-0.3, -0.25) is 0 Å². The van der Waals surface area contributed by atoms with Crippen molar-refractivity contribution in [1.82, 2.24) is 20.7 Å². The normalized spacial score (nSPS) is 13.3. The molecule has 0 saturated carbocycles. The van der Waals surface area contributed by atoms with Gasteiger partial charge < -0.3 is 20.1 Å². The molecule has 2 N–H and O–H groups in total. The van der Waals surface area contributed by atoms with E-state index in [9.17, 15) is 0 Å². The molecule has 6 heteroatoms. The molecule has 1 atom stereocenters. The summed E-state index contributed by atoms with van der Waals surface area (Å²) in [6, 6.07) is 10.9. The van der Waals surface area contributed by atoms with Crippen LogP contribution in [0, 0.1) is 6.92 Å². The van der Waals surface area contributed by atoms with Crippen LogP contribution in [-0.2, 0) is 6.54 Å². The van der Waals surface area contributed by atoms with E-state index < -0.39 is 0 Å². The molecule has 0 bridgehead atoms. The van der Waals surface area contributed by atoms with E-state index in [2.05, 4.69) is 91.7 Å². The Hall–Kier alpha value is -2.34. The zero-order valence-corrected chi connectivity index (χ0v) is 17.4. The van der Waals surface area contributed by atoms with E-state index in [1.165, 1.54) is 11.1 Å². The number of aryl methyl sites for hydroxylation is 1. The Morgan fingerprint density at radius 2 is 1.89 bits per heavy atom. The second-order valence-corrected chi connectivity index (χ2v) is 7.34. The van der Waals surface area contributed by atoms with Crippen molar-refractivity contribution in [2.45, 2.75) is 46.2 Å². The largest absolute Gasteiger partial charge is 0.359 e. The van der Waals surface area contributed by atoms with Gasteiger partial charge in [0, 0.05) is 19.2 Å². The van der Waals surface area contributed by atoms with Crippen molar-refractivity contribution in [3.8, 4) is 0 Å². The second kappa shape index (κ2) is 10.1. The van der Waals surface area contributed by atoms with Crippen LogP contribution in [0.4, 0.5) is 0 Å². The van der Waals surface area contributed by atoms with Crippen molar-refractivity contribution >= 4 is 5.96 Å². The molecule has 27 heavy (non-hydrogen) atoms. The summed E-state index contributed by atoms with van der Waals surface area (Å²) in [5, 5.41) is 10.8. The van der Waals surface area contributed by atoms with E-state index in [-0.39, 0.29) is 6.04 Å². The molecule has 0 aliphatic heterocycles. The quantitative estimate of drug-likeness (QED) is 0.549. The number of hydrogen-bond acceptors (Lipinski definition) is 4. The summed E-state index contributed by atoms with van der Waals surface area (Å²) in [5.74, 6) is 1.91. The minimum absolute atomic E-state index is 0.257. The van der Waals surface area contributed by atoms with Crippen LogP contribution in [0.25, 0.3) is 0 Å². The molecule has 0 fully saturated rings. The molecule has 0 aliphatic rings.